The van der Waals surface area contributed by atoms with Gasteiger partial charge in [-0.2, -0.15) is 9.61 Å². The van der Waals surface area contributed by atoms with E-state index in [1.807, 2.05) is 29.0 Å². The summed E-state index contributed by atoms with van der Waals surface area (Å²) < 4.78 is 1.90. The van der Waals surface area contributed by atoms with Crippen LogP contribution < -0.4 is 5.32 Å². The van der Waals surface area contributed by atoms with Crippen LogP contribution in [0.15, 0.2) is 24.5 Å². The van der Waals surface area contributed by atoms with Crippen molar-refractivity contribution in [1.82, 2.24) is 14.6 Å². The molecule has 0 bridgehead atoms. The number of anilines is 1. The first-order valence-corrected chi connectivity index (χ1v) is 9.21. The molecule has 4 nitrogen and oxygen atoms in total. The maximum atomic E-state index is 4.39. The van der Waals surface area contributed by atoms with Crippen molar-refractivity contribution in [2.45, 2.75) is 72.3 Å². The summed E-state index contributed by atoms with van der Waals surface area (Å²) in [4.78, 5) is 4.35. The van der Waals surface area contributed by atoms with Gasteiger partial charge in [0.1, 0.15) is 5.82 Å². The summed E-state index contributed by atoms with van der Waals surface area (Å²) in [5.41, 5.74) is 0.900. The van der Waals surface area contributed by atoms with Crippen LogP contribution in [0.3, 0.4) is 0 Å². The molecule has 2 atom stereocenters. The van der Waals surface area contributed by atoms with Gasteiger partial charge in [-0.25, -0.2) is 4.98 Å². The maximum Gasteiger partial charge on any atom is 0.157 e. The Kier molecular flexibility index (Phi) is 6.87. The largest absolute Gasteiger partial charge is 0.367 e. The molecule has 2 rings (SSSR count). The van der Waals surface area contributed by atoms with Crippen LogP contribution in [-0.4, -0.2) is 20.6 Å². The molecule has 0 saturated carbocycles. The van der Waals surface area contributed by atoms with E-state index in [2.05, 4.69) is 43.1 Å². The second kappa shape index (κ2) is 8.90. The highest BCUT2D eigenvalue weighted by Crippen LogP contribution is 2.26. The molecule has 0 aromatic carbocycles. The first kappa shape index (κ1) is 17.8. The van der Waals surface area contributed by atoms with Crippen LogP contribution in [0.25, 0.3) is 5.65 Å². The lowest BCUT2D eigenvalue weighted by atomic mass is 9.86. The van der Waals surface area contributed by atoms with E-state index in [0.717, 1.165) is 29.7 Å². The van der Waals surface area contributed by atoms with Gasteiger partial charge >= 0.3 is 0 Å². The second-order valence-corrected chi connectivity index (χ2v) is 6.96. The normalized spacial score (nSPS) is 14.3. The molecule has 0 amide bonds. The van der Waals surface area contributed by atoms with Crippen LogP contribution in [0.5, 0.6) is 0 Å². The Morgan fingerprint density at radius 1 is 1.09 bits per heavy atom. The summed E-state index contributed by atoms with van der Waals surface area (Å²) >= 11 is 0. The van der Waals surface area contributed by atoms with Crippen molar-refractivity contribution in [2.24, 2.45) is 11.8 Å². The van der Waals surface area contributed by atoms with Gasteiger partial charge in [-0.1, -0.05) is 47.0 Å². The minimum Gasteiger partial charge on any atom is -0.367 e. The number of nitrogens with one attached hydrogen (secondary N) is 1. The maximum absolute atomic E-state index is 4.39. The fourth-order valence-corrected chi connectivity index (χ4v) is 3.25. The van der Waals surface area contributed by atoms with Crippen molar-refractivity contribution in [3.8, 4) is 0 Å². The molecule has 0 fully saturated rings. The second-order valence-electron chi connectivity index (χ2n) is 6.96. The molecule has 2 heterocycles. The van der Waals surface area contributed by atoms with E-state index in [-0.39, 0.29) is 0 Å². The summed E-state index contributed by atoms with van der Waals surface area (Å²) in [5, 5.41) is 8.14. The third-order valence-corrected chi connectivity index (χ3v) is 4.68. The lowest BCUT2D eigenvalue weighted by Crippen LogP contribution is -2.30. The first-order chi connectivity index (χ1) is 11.2. The summed E-state index contributed by atoms with van der Waals surface area (Å²) in [7, 11) is 0. The third kappa shape index (κ3) is 4.95. The molecule has 0 saturated heterocycles. The molecule has 0 aliphatic carbocycles. The molecular weight excluding hydrogens is 284 g/mol. The Bertz CT molecular complexity index is 576. The highest BCUT2D eigenvalue weighted by Gasteiger charge is 2.20. The van der Waals surface area contributed by atoms with E-state index >= 15 is 0 Å². The highest BCUT2D eigenvalue weighted by molar-refractivity contribution is 5.47. The SMILES string of the molecule is CCCCC(CCC(C)C)C(CC)Nc1ccnc2ccnn12. The zero-order chi connectivity index (χ0) is 16.7. The minimum atomic E-state index is 0.495. The smallest absolute Gasteiger partial charge is 0.157 e. The first-order valence-electron chi connectivity index (χ1n) is 9.21. The zero-order valence-corrected chi connectivity index (χ0v) is 15.1. The van der Waals surface area contributed by atoms with E-state index in [0.29, 0.717) is 6.04 Å². The average molecular weight is 316 g/mol. The van der Waals surface area contributed by atoms with Crippen LogP contribution in [0.1, 0.15) is 66.2 Å². The van der Waals surface area contributed by atoms with Gasteiger partial charge in [0.15, 0.2) is 5.65 Å². The highest BCUT2D eigenvalue weighted by atomic mass is 15.3. The predicted octanol–water partition coefficient (Wildman–Crippen LogP) is 5.16. The number of rotatable bonds is 10. The fourth-order valence-electron chi connectivity index (χ4n) is 3.25. The average Bonchev–Trinajstić information content (AvgIpc) is 3.02. The number of hydrogen-bond acceptors (Lipinski definition) is 3. The molecule has 128 valence electrons. The molecule has 2 unspecified atom stereocenters. The van der Waals surface area contributed by atoms with E-state index in [9.17, 15) is 0 Å². The quantitative estimate of drug-likeness (QED) is 0.658. The Morgan fingerprint density at radius 2 is 1.91 bits per heavy atom. The van der Waals surface area contributed by atoms with Gasteiger partial charge in [0.05, 0.1) is 6.20 Å². The summed E-state index contributed by atoms with van der Waals surface area (Å²) in [6.45, 7) is 9.21. The van der Waals surface area contributed by atoms with Gasteiger partial charge in [-0.15, -0.1) is 0 Å². The summed E-state index contributed by atoms with van der Waals surface area (Å²) in [6.07, 6.45) is 11.3. The Hall–Kier alpha value is -1.58. The molecule has 1 N–H and O–H groups in total. The monoisotopic (exact) mass is 316 g/mol. The molecular formula is C19H32N4. The Balaban J connectivity index is 2.12. The molecule has 0 spiro atoms. The molecule has 2 aromatic heterocycles. The lowest BCUT2D eigenvalue weighted by Gasteiger charge is -2.29. The van der Waals surface area contributed by atoms with Crippen molar-refractivity contribution in [1.29, 1.82) is 0 Å². The topological polar surface area (TPSA) is 42.2 Å². The number of unbranched alkanes of at least 4 members (excludes halogenated alkanes) is 1. The molecule has 23 heavy (non-hydrogen) atoms. The minimum absolute atomic E-state index is 0.495. The third-order valence-electron chi connectivity index (χ3n) is 4.68. The Labute approximate surface area is 140 Å². The molecule has 4 heteroatoms. The van der Waals surface area contributed by atoms with Crippen LogP contribution in [-0.2, 0) is 0 Å². The van der Waals surface area contributed by atoms with Crippen LogP contribution in [0.2, 0.25) is 0 Å². The van der Waals surface area contributed by atoms with Gasteiger partial charge < -0.3 is 5.32 Å². The number of hydrogen-bond donors (Lipinski definition) is 1. The van der Waals surface area contributed by atoms with Crippen LogP contribution in [0.4, 0.5) is 5.82 Å². The van der Waals surface area contributed by atoms with Crippen molar-refractivity contribution in [2.75, 3.05) is 5.32 Å². The van der Waals surface area contributed by atoms with Crippen molar-refractivity contribution in [3.63, 3.8) is 0 Å². The van der Waals surface area contributed by atoms with Gasteiger partial charge in [-0.05, 0) is 37.2 Å². The number of aromatic nitrogens is 3. The standard InChI is InChI=1S/C19H32N4/c1-5-7-8-16(10-9-15(3)4)17(6-2)22-19-11-13-20-18-12-14-21-23(18)19/h11-17,22H,5-10H2,1-4H3. The molecule has 0 aliphatic rings. The lowest BCUT2D eigenvalue weighted by molar-refractivity contribution is 0.340. The van der Waals surface area contributed by atoms with Crippen molar-refractivity contribution < 1.29 is 0 Å². The van der Waals surface area contributed by atoms with E-state index < -0.39 is 0 Å². The van der Waals surface area contributed by atoms with Gasteiger partial charge in [0.25, 0.3) is 0 Å². The van der Waals surface area contributed by atoms with Crippen LogP contribution >= 0.6 is 0 Å². The molecule has 0 aliphatic heterocycles. The molecule has 2 aromatic rings. The number of fused-ring (bicyclic) bond motifs is 1. The van der Waals surface area contributed by atoms with E-state index in [1.165, 1.54) is 32.1 Å². The summed E-state index contributed by atoms with van der Waals surface area (Å²) in [6, 6.07) is 4.47. The predicted molar refractivity (Wildman–Crippen MR) is 97.8 cm³/mol. The van der Waals surface area contributed by atoms with Crippen molar-refractivity contribution in [3.05, 3.63) is 24.5 Å². The van der Waals surface area contributed by atoms with Crippen LogP contribution in [0, 0.1) is 11.8 Å². The van der Waals surface area contributed by atoms with E-state index in [1.54, 1.807) is 0 Å². The number of nitrogens with zero attached hydrogens (tertiary/aromatic N) is 3. The van der Waals surface area contributed by atoms with Crippen molar-refractivity contribution >= 4 is 11.5 Å². The molecule has 0 radical (unpaired) electrons. The van der Waals surface area contributed by atoms with E-state index in [4.69, 9.17) is 0 Å². The Morgan fingerprint density at radius 3 is 2.61 bits per heavy atom. The zero-order valence-electron chi connectivity index (χ0n) is 15.1. The summed E-state index contributed by atoms with van der Waals surface area (Å²) in [5.74, 6) is 2.55. The van der Waals surface area contributed by atoms with Gasteiger partial charge in [-0.3, -0.25) is 0 Å². The van der Waals surface area contributed by atoms with Gasteiger partial charge in [0.2, 0.25) is 0 Å². The van der Waals surface area contributed by atoms with Gasteiger partial charge in [0, 0.05) is 18.3 Å². The fraction of sp³-hybridized carbons (Fsp3) is 0.684.